The van der Waals surface area contributed by atoms with E-state index in [4.69, 9.17) is 0 Å². The van der Waals surface area contributed by atoms with Gasteiger partial charge in [0.25, 0.3) is 5.91 Å². The third-order valence-electron chi connectivity index (χ3n) is 6.09. The fraction of sp³-hybridized carbons (Fsp3) is 0.393. The molecule has 1 aliphatic rings. The van der Waals surface area contributed by atoms with E-state index in [1.165, 1.54) is 22.3 Å². The lowest BCUT2D eigenvalue weighted by Gasteiger charge is -2.12. The van der Waals surface area contributed by atoms with Crippen LogP contribution in [-0.2, 0) is 11.2 Å². The van der Waals surface area contributed by atoms with Crippen molar-refractivity contribution in [3.63, 3.8) is 0 Å². The fourth-order valence-corrected chi connectivity index (χ4v) is 4.53. The number of benzene rings is 2. The highest BCUT2D eigenvalue weighted by molar-refractivity contribution is 6.03. The SMILES string of the molecule is C=C[CH+]CCNC(=O)c1cccc2c1-c1ccc(CCCC(=O)NCCC)cc1C2CC. The van der Waals surface area contributed by atoms with Crippen LogP contribution in [0, 0.1) is 6.42 Å². The van der Waals surface area contributed by atoms with Crippen LogP contribution in [0.15, 0.2) is 49.1 Å². The molecule has 2 N–H and O–H groups in total. The van der Waals surface area contributed by atoms with Crippen molar-refractivity contribution in [2.75, 3.05) is 13.1 Å². The second kappa shape index (κ2) is 11.6. The lowest BCUT2D eigenvalue weighted by molar-refractivity contribution is -0.121. The van der Waals surface area contributed by atoms with Crippen molar-refractivity contribution in [3.05, 3.63) is 77.7 Å². The average Bonchev–Trinajstić information content (AvgIpc) is 3.13. The molecule has 3 rings (SSSR count). The third kappa shape index (κ3) is 5.42. The Balaban J connectivity index is 1.77. The number of fused-ring (bicyclic) bond motifs is 3. The Hall–Kier alpha value is -3.01. The smallest absolute Gasteiger partial charge is 0.251 e. The predicted octanol–water partition coefficient (Wildman–Crippen LogP) is 5.57. The van der Waals surface area contributed by atoms with E-state index in [2.05, 4.69) is 55.3 Å². The maximum absolute atomic E-state index is 12.9. The summed E-state index contributed by atoms with van der Waals surface area (Å²) in [7, 11) is 0. The molecule has 2 aromatic rings. The van der Waals surface area contributed by atoms with Gasteiger partial charge in [0.2, 0.25) is 5.91 Å². The van der Waals surface area contributed by atoms with Gasteiger partial charge in [0.15, 0.2) is 0 Å². The number of unbranched alkanes of at least 4 members (excludes halogenated alkanes) is 1. The highest BCUT2D eigenvalue weighted by atomic mass is 16.2. The molecule has 0 spiro atoms. The normalized spacial score (nSPS) is 13.8. The minimum Gasteiger partial charge on any atom is -0.356 e. The molecule has 1 atom stereocenters. The molecule has 0 bridgehead atoms. The van der Waals surface area contributed by atoms with Crippen molar-refractivity contribution >= 4 is 11.8 Å². The van der Waals surface area contributed by atoms with Crippen LogP contribution in [0.4, 0.5) is 0 Å². The van der Waals surface area contributed by atoms with Crippen LogP contribution in [0.25, 0.3) is 11.1 Å². The summed E-state index contributed by atoms with van der Waals surface area (Å²) in [6, 6.07) is 12.7. The fourth-order valence-electron chi connectivity index (χ4n) is 4.53. The maximum Gasteiger partial charge on any atom is 0.251 e. The van der Waals surface area contributed by atoms with Crippen LogP contribution < -0.4 is 10.6 Å². The number of allylic oxidation sites excluding steroid dienone is 1. The number of nitrogens with one attached hydrogen (secondary N) is 2. The molecule has 1 unspecified atom stereocenters. The number of rotatable bonds is 12. The third-order valence-corrected chi connectivity index (χ3v) is 6.09. The minimum atomic E-state index is -0.0239. The van der Waals surface area contributed by atoms with E-state index in [1.807, 2.05) is 18.6 Å². The summed E-state index contributed by atoms with van der Waals surface area (Å²) in [5.74, 6) is 0.409. The van der Waals surface area contributed by atoms with E-state index in [1.54, 1.807) is 6.08 Å². The number of carbonyl (C=O) groups is 2. The predicted molar refractivity (Wildman–Crippen MR) is 132 cm³/mol. The zero-order valence-electron chi connectivity index (χ0n) is 19.4. The van der Waals surface area contributed by atoms with Gasteiger partial charge in [0.05, 0.1) is 6.08 Å². The van der Waals surface area contributed by atoms with Crippen molar-refractivity contribution in [2.24, 2.45) is 0 Å². The first-order chi connectivity index (χ1) is 15.6. The summed E-state index contributed by atoms with van der Waals surface area (Å²) in [6.07, 6.45) is 8.71. The molecule has 4 heteroatoms. The minimum absolute atomic E-state index is 0.0239. The van der Waals surface area contributed by atoms with Gasteiger partial charge >= 0.3 is 0 Å². The van der Waals surface area contributed by atoms with Gasteiger partial charge in [0, 0.05) is 50.4 Å². The molecule has 2 aromatic carbocycles. The Morgan fingerprint density at radius 1 is 1.09 bits per heavy atom. The standard InChI is InChI=1S/C28H34N2O2/c1-4-7-8-18-30-28(32)24-13-10-12-22-21(6-3)25-19-20(15-16-23(25)27(22)24)11-9-14-26(31)29-17-5-2/h4,7,10,12-13,15-16,19,21H,1,5-6,8-9,11,14,17-18H2,2-3H3,(H-,29,30,31,32)/p+1. The molecule has 0 radical (unpaired) electrons. The van der Waals surface area contributed by atoms with Gasteiger partial charge in [0.1, 0.15) is 0 Å². The van der Waals surface area contributed by atoms with Gasteiger partial charge in [-0.05, 0) is 59.6 Å². The van der Waals surface area contributed by atoms with Crippen molar-refractivity contribution < 1.29 is 9.59 Å². The first kappa shape index (κ1) is 23.6. The van der Waals surface area contributed by atoms with E-state index in [-0.39, 0.29) is 11.8 Å². The largest absolute Gasteiger partial charge is 0.356 e. The molecule has 0 heterocycles. The Morgan fingerprint density at radius 3 is 2.69 bits per heavy atom. The molecule has 2 amide bonds. The van der Waals surface area contributed by atoms with Gasteiger partial charge < -0.3 is 10.6 Å². The van der Waals surface area contributed by atoms with Gasteiger partial charge in [-0.2, -0.15) is 0 Å². The molecule has 0 fully saturated rings. The number of amides is 2. The van der Waals surface area contributed by atoms with Crippen molar-refractivity contribution in [1.82, 2.24) is 10.6 Å². The second-order valence-corrected chi connectivity index (χ2v) is 8.37. The molecule has 32 heavy (non-hydrogen) atoms. The van der Waals surface area contributed by atoms with E-state index in [9.17, 15) is 9.59 Å². The van der Waals surface area contributed by atoms with Gasteiger partial charge in [-0.3, -0.25) is 9.59 Å². The first-order valence-corrected chi connectivity index (χ1v) is 11.9. The lowest BCUT2D eigenvalue weighted by Crippen LogP contribution is -2.25. The molecular weight excluding hydrogens is 396 g/mol. The number of carbonyl (C=O) groups excluding carboxylic acids is 2. The van der Waals surface area contributed by atoms with Gasteiger partial charge in [-0.1, -0.05) is 44.2 Å². The summed E-state index contributed by atoms with van der Waals surface area (Å²) in [4.78, 5) is 24.8. The molecule has 0 saturated carbocycles. The Kier molecular flexibility index (Phi) is 8.55. The van der Waals surface area contributed by atoms with Crippen LogP contribution in [0.3, 0.4) is 0 Å². The monoisotopic (exact) mass is 431 g/mol. The van der Waals surface area contributed by atoms with Crippen molar-refractivity contribution in [2.45, 2.75) is 58.3 Å². The zero-order valence-corrected chi connectivity index (χ0v) is 19.4. The number of hydrogen-bond acceptors (Lipinski definition) is 2. The Labute approximate surface area is 192 Å². The molecule has 168 valence electrons. The molecule has 0 aromatic heterocycles. The van der Waals surface area contributed by atoms with Crippen molar-refractivity contribution in [3.8, 4) is 11.1 Å². The average molecular weight is 432 g/mol. The Bertz CT molecular complexity index is 964. The zero-order chi connectivity index (χ0) is 22.9. The molecule has 1 aliphatic carbocycles. The topological polar surface area (TPSA) is 58.2 Å². The summed E-state index contributed by atoms with van der Waals surface area (Å²) < 4.78 is 0. The van der Waals surface area contributed by atoms with E-state index in [0.717, 1.165) is 49.8 Å². The summed E-state index contributed by atoms with van der Waals surface area (Å²) in [6.45, 7) is 9.29. The molecule has 0 saturated heterocycles. The highest BCUT2D eigenvalue weighted by Crippen LogP contribution is 2.48. The van der Waals surface area contributed by atoms with E-state index >= 15 is 0 Å². The number of hydrogen-bond donors (Lipinski definition) is 2. The summed E-state index contributed by atoms with van der Waals surface area (Å²) in [5.41, 5.74) is 6.78. The second-order valence-electron chi connectivity index (χ2n) is 8.37. The molecular formula is C28H35N2O2+. The first-order valence-electron chi connectivity index (χ1n) is 11.9. The van der Waals surface area contributed by atoms with E-state index in [0.29, 0.717) is 18.9 Å². The van der Waals surface area contributed by atoms with Gasteiger partial charge in [-0.15, -0.1) is 0 Å². The number of aryl methyl sites for hydroxylation is 1. The molecule has 4 nitrogen and oxygen atoms in total. The van der Waals surface area contributed by atoms with Gasteiger partial charge in [-0.25, -0.2) is 0 Å². The summed E-state index contributed by atoms with van der Waals surface area (Å²) in [5, 5.41) is 5.98. The summed E-state index contributed by atoms with van der Waals surface area (Å²) >= 11 is 0. The lowest BCUT2D eigenvalue weighted by atomic mass is 9.92. The highest BCUT2D eigenvalue weighted by Gasteiger charge is 2.31. The van der Waals surface area contributed by atoms with Crippen molar-refractivity contribution in [1.29, 1.82) is 0 Å². The van der Waals surface area contributed by atoms with Crippen LogP contribution in [0.2, 0.25) is 0 Å². The maximum atomic E-state index is 12.9. The Morgan fingerprint density at radius 2 is 1.94 bits per heavy atom. The van der Waals surface area contributed by atoms with E-state index < -0.39 is 0 Å². The van der Waals surface area contributed by atoms with Crippen LogP contribution >= 0.6 is 0 Å². The van der Waals surface area contributed by atoms with Crippen LogP contribution in [0.1, 0.15) is 78.9 Å². The van der Waals surface area contributed by atoms with Crippen LogP contribution in [0.5, 0.6) is 0 Å². The quantitative estimate of drug-likeness (QED) is 0.341. The molecule has 0 aliphatic heterocycles. The van der Waals surface area contributed by atoms with Crippen LogP contribution in [-0.4, -0.2) is 24.9 Å².